The maximum Gasteiger partial charge on any atom is 0.277 e. The van der Waals surface area contributed by atoms with Gasteiger partial charge in [-0.05, 0) is 18.2 Å². The third kappa shape index (κ3) is 2.50. The summed E-state index contributed by atoms with van der Waals surface area (Å²) in [6, 6.07) is 6.36. The molecule has 0 saturated carbocycles. The molecule has 3 heterocycles. The number of aromatic nitrogens is 4. The average Bonchev–Trinajstić information content (AvgIpc) is 3.09. The second-order valence-electron chi connectivity index (χ2n) is 3.88. The van der Waals surface area contributed by atoms with E-state index >= 15 is 0 Å². The Balaban J connectivity index is 1.76. The molecule has 20 heavy (non-hydrogen) atoms. The molecular weight excluding hydrogens is 278 g/mol. The second-order valence-corrected chi connectivity index (χ2v) is 4.74. The molecule has 0 unspecified atom stereocenters. The number of aromatic amines is 2. The van der Waals surface area contributed by atoms with Crippen molar-refractivity contribution in [1.82, 2.24) is 20.2 Å². The Labute approximate surface area is 116 Å². The van der Waals surface area contributed by atoms with Crippen molar-refractivity contribution in [1.29, 1.82) is 0 Å². The minimum Gasteiger partial charge on any atom is -0.360 e. The monoisotopic (exact) mass is 287 g/mol. The molecule has 0 aliphatic rings. The topological polar surface area (TPSA) is 104 Å². The van der Waals surface area contributed by atoms with Gasteiger partial charge >= 0.3 is 0 Å². The number of nitrogens with one attached hydrogen (secondary N) is 3. The Morgan fingerprint density at radius 1 is 1.30 bits per heavy atom. The highest BCUT2D eigenvalue weighted by Gasteiger charge is 2.11. The molecule has 0 radical (unpaired) electrons. The maximum absolute atomic E-state index is 11.9. The fourth-order valence-corrected chi connectivity index (χ4v) is 2.28. The summed E-state index contributed by atoms with van der Waals surface area (Å²) in [6.07, 6.45) is 1.80. The fourth-order valence-electron chi connectivity index (χ4n) is 1.58. The predicted molar refractivity (Wildman–Crippen MR) is 74.7 cm³/mol. The van der Waals surface area contributed by atoms with Gasteiger partial charge in [0.1, 0.15) is 5.69 Å². The van der Waals surface area contributed by atoms with E-state index in [1.165, 1.54) is 23.5 Å². The Morgan fingerprint density at radius 3 is 2.90 bits per heavy atom. The van der Waals surface area contributed by atoms with Crippen molar-refractivity contribution in [2.75, 3.05) is 5.32 Å². The van der Waals surface area contributed by atoms with Crippen LogP contribution in [0.1, 0.15) is 10.5 Å². The van der Waals surface area contributed by atoms with Gasteiger partial charge in [0, 0.05) is 17.6 Å². The summed E-state index contributed by atoms with van der Waals surface area (Å²) < 4.78 is 0. The lowest BCUT2D eigenvalue weighted by Crippen LogP contribution is -2.17. The molecule has 3 rings (SSSR count). The van der Waals surface area contributed by atoms with E-state index in [0.29, 0.717) is 5.13 Å². The van der Waals surface area contributed by atoms with E-state index in [4.69, 9.17) is 0 Å². The van der Waals surface area contributed by atoms with Gasteiger partial charge in [-0.3, -0.25) is 14.9 Å². The third-order valence-corrected chi connectivity index (χ3v) is 3.27. The van der Waals surface area contributed by atoms with Crippen LogP contribution >= 0.6 is 11.3 Å². The molecule has 0 saturated heterocycles. The molecule has 0 atom stereocenters. The van der Waals surface area contributed by atoms with Crippen LogP contribution in [-0.4, -0.2) is 26.1 Å². The quantitative estimate of drug-likeness (QED) is 0.678. The summed E-state index contributed by atoms with van der Waals surface area (Å²) in [6.45, 7) is 0. The number of anilines is 1. The Hall–Kier alpha value is -2.74. The Bertz CT molecular complexity index is 770. The number of thiazole rings is 1. The molecule has 0 aliphatic heterocycles. The summed E-state index contributed by atoms with van der Waals surface area (Å²) >= 11 is 1.31. The molecule has 0 aliphatic carbocycles. The number of carbonyl (C=O) groups is 1. The van der Waals surface area contributed by atoms with Crippen molar-refractivity contribution in [3.05, 3.63) is 51.9 Å². The van der Waals surface area contributed by atoms with Crippen LogP contribution in [0.2, 0.25) is 0 Å². The first-order valence-corrected chi connectivity index (χ1v) is 6.57. The molecule has 0 spiro atoms. The summed E-state index contributed by atoms with van der Waals surface area (Å²) in [5.41, 5.74) is 1.40. The number of rotatable bonds is 3. The lowest BCUT2D eigenvalue weighted by molar-refractivity contribution is 0.102. The number of hydrogen-bond donors (Lipinski definition) is 3. The first-order valence-electron chi connectivity index (χ1n) is 5.69. The molecule has 0 fully saturated rings. The highest BCUT2D eigenvalue weighted by Crippen LogP contribution is 2.23. The molecular formula is C12H9N5O2S. The normalized spacial score (nSPS) is 10.4. The number of hydrogen-bond acceptors (Lipinski definition) is 5. The van der Waals surface area contributed by atoms with Crippen molar-refractivity contribution in [2.24, 2.45) is 0 Å². The van der Waals surface area contributed by atoms with Crippen molar-refractivity contribution >= 4 is 22.4 Å². The van der Waals surface area contributed by atoms with Gasteiger partial charge in [-0.25, -0.2) is 10.1 Å². The number of carbonyl (C=O) groups excluding carboxylic acids is 1. The molecule has 0 bridgehead atoms. The van der Waals surface area contributed by atoms with Crippen molar-refractivity contribution in [2.45, 2.75) is 0 Å². The van der Waals surface area contributed by atoms with Crippen LogP contribution in [0.25, 0.3) is 11.4 Å². The van der Waals surface area contributed by atoms with Crippen molar-refractivity contribution < 1.29 is 4.79 Å². The molecule has 0 aromatic carbocycles. The maximum atomic E-state index is 11.9. The van der Waals surface area contributed by atoms with Crippen LogP contribution < -0.4 is 10.9 Å². The standard InChI is InChI=1S/C12H9N5O2S/c18-10-4-3-8(16-17-10)11(19)15-12-14-9(6-20-12)7-2-1-5-13-7/h1-6,13H,(H,17,18)(H,14,15,19). The van der Waals surface area contributed by atoms with E-state index in [1.54, 1.807) is 6.20 Å². The first-order chi connectivity index (χ1) is 9.72. The third-order valence-electron chi connectivity index (χ3n) is 2.51. The van der Waals surface area contributed by atoms with Gasteiger partial charge in [0.2, 0.25) is 0 Å². The molecule has 1 amide bonds. The number of H-pyrrole nitrogens is 2. The highest BCUT2D eigenvalue weighted by molar-refractivity contribution is 7.14. The lowest BCUT2D eigenvalue weighted by atomic mass is 10.3. The molecule has 3 aromatic rings. The zero-order valence-electron chi connectivity index (χ0n) is 10.1. The summed E-state index contributed by atoms with van der Waals surface area (Å²) in [5.74, 6) is -0.423. The van der Waals surface area contributed by atoms with Crippen LogP contribution in [0, 0.1) is 0 Å². The molecule has 100 valence electrons. The minimum absolute atomic E-state index is 0.126. The van der Waals surface area contributed by atoms with Gasteiger partial charge in [-0.2, -0.15) is 5.10 Å². The van der Waals surface area contributed by atoms with Gasteiger partial charge in [0.25, 0.3) is 11.5 Å². The minimum atomic E-state index is -0.423. The number of amides is 1. The van der Waals surface area contributed by atoms with Crippen LogP contribution in [0.4, 0.5) is 5.13 Å². The zero-order chi connectivity index (χ0) is 13.9. The van der Waals surface area contributed by atoms with Crippen LogP contribution in [-0.2, 0) is 0 Å². The van der Waals surface area contributed by atoms with Gasteiger partial charge in [-0.15, -0.1) is 11.3 Å². The fraction of sp³-hybridized carbons (Fsp3) is 0. The van der Waals surface area contributed by atoms with E-state index < -0.39 is 5.91 Å². The summed E-state index contributed by atoms with van der Waals surface area (Å²) in [4.78, 5) is 30.1. The van der Waals surface area contributed by atoms with Crippen LogP contribution in [0.15, 0.2) is 40.6 Å². The number of nitrogens with zero attached hydrogens (tertiary/aromatic N) is 2. The molecule has 8 heteroatoms. The van der Waals surface area contributed by atoms with E-state index in [1.807, 2.05) is 17.5 Å². The molecule has 3 aromatic heterocycles. The first kappa shape index (κ1) is 12.3. The Morgan fingerprint density at radius 2 is 2.20 bits per heavy atom. The zero-order valence-corrected chi connectivity index (χ0v) is 10.9. The molecule has 3 N–H and O–H groups in total. The van der Waals surface area contributed by atoms with Gasteiger partial charge in [0.05, 0.1) is 11.4 Å². The smallest absolute Gasteiger partial charge is 0.277 e. The van der Waals surface area contributed by atoms with Crippen molar-refractivity contribution in [3.63, 3.8) is 0 Å². The van der Waals surface area contributed by atoms with Crippen LogP contribution in [0.3, 0.4) is 0 Å². The lowest BCUT2D eigenvalue weighted by Gasteiger charge is -1.99. The largest absolute Gasteiger partial charge is 0.360 e. The van der Waals surface area contributed by atoms with Gasteiger partial charge in [0.15, 0.2) is 5.13 Å². The molecule has 7 nitrogen and oxygen atoms in total. The SMILES string of the molecule is O=C(Nc1nc(-c2ccc[nH]2)cs1)c1ccc(=O)[nH]n1. The van der Waals surface area contributed by atoms with E-state index in [9.17, 15) is 9.59 Å². The van der Waals surface area contributed by atoms with Gasteiger partial charge < -0.3 is 4.98 Å². The predicted octanol–water partition coefficient (Wildman–Crippen LogP) is 1.47. The van der Waals surface area contributed by atoms with E-state index in [2.05, 4.69) is 25.5 Å². The van der Waals surface area contributed by atoms with E-state index in [0.717, 1.165) is 11.4 Å². The van der Waals surface area contributed by atoms with E-state index in [-0.39, 0.29) is 11.3 Å². The Kier molecular flexibility index (Phi) is 3.13. The van der Waals surface area contributed by atoms with Crippen molar-refractivity contribution in [3.8, 4) is 11.4 Å². The summed E-state index contributed by atoms with van der Waals surface area (Å²) in [7, 11) is 0. The van der Waals surface area contributed by atoms with Gasteiger partial charge in [-0.1, -0.05) is 0 Å². The average molecular weight is 287 g/mol. The summed E-state index contributed by atoms with van der Waals surface area (Å²) in [5, 5.41) is 10.8. The van der Waals surface area contributed by atoms with Crippen LogP contribution in [0.5, 0.6) is 0 Å². The second kappa shape index (κ2) is 5.10. The highest BCUT2D eigenvalue weighted by atomic mass is 32.1.